The van der Waals surface area contributed by atoms with Crippen LogP contribution < -0.4 is 14.3 Å². The van der Waals surface area contributed by atoms with Gasteiger partial charge in [-0.1, -0.05) is 6.07 Å². The van der Waals surface area contributed by atoms with Gasteiger partial charge in [-0.3, -0.25) is 4.68 Å². The van der Waals surface area contributed by atoms with E-state index in [4.69, 9.17) is 4.74 Å². The standard InChI is InChI=1S/C23H29N5O4S.Na/c1-27-12-18(11-24-27)28(17-9-23(10-17)13-32-14-23)33(30,31)26-22(29)25-21-19-6-2-4-15(19)8-16-5-3-7-20(16)21;/h8,11-12,17H,2-7,9-10,13-14H2,1H3,(H2,25,26,29);. The van der Waals surface area contributed by atoms with Crippen molar-refractivity contribution in [1.82, 2.24) is 14.5 Å². The van der Waals surface area contributed by atoms with Crippen LogP contribution in [-0.4, -0.2) is 73.0 Å². The number of rotatable bonds is 5. The van der Waals surface area contributed by atoms with Gasteiger partial charge in [-0.25, -0.2) is 13.8 Å². The van der Waals surface area contributed by atoms with Crippen LogP contribution in [0.3, 0.4) is 0 Å². The maximum Gasteiger partial charge on any atom is 0.334 e. The van der Waals surface area contributed by atoms with Crippen molar-refractivity contribution in [2.45, 2.75) is 57.4 Å². The molecule has 6 rings (SSSR count). The molecule has 1 aromatic carbocycles. The van der Waals surface area contributed by atoms with Crippen molar-refractivity contribution in [3.8, 4) is 0 Å². The average Bonchev–Trinajstić information content (AvgIpc) is 3.42. The van der Waals surface area contributed by atoms with E-state index in [-0.39, 0.29) is 41.0 Å². The van der Waals surface area contributed by atoms with Crippen molar-refractivity contribution >= 4 is 57.2 Å². The molecule has 0 bridgehead atoms. The number of amides is 2. The molecule has 2 aromatic rings. The number of carbonyl (C=O) groups is 1. The topological polar surface area (TPSA) is 106 Å². The Kier molecular flexibility index (Phi) is 6.25. The predicted molar refractivity (Wildman–Crippen MR) is 129 cm³/mol. The molecule has 0 unspecified atom stereocenters. The van der Waals surface area contributed by atoms with E-state index >= 15 is 0 Å². The third-order valence-corrected chi connectivity index (χ3v) is 9.09. The largest absolute Gasteiger partial charge is 0.380 e. The zero-order valence-corrected chi connectivity index (χ0v) is 22.6. The van der Waals surface area contributed by atoms with E-state index in [0.717, 1.165) is 44.2 Å². The fourth-order valence-corrected chi connectivity index (χ4v) is 7.37. The van der Waals surface area contributed by atoms with Crippen LogP contribution in [0.4, 0.5) is 16.2 Å². The van der Waals surface area contributed by atoms with Crippen LogP contribution in [0, 0.1) is 5.41 Å². The van der Waals surface area contributed by atoms with Gasteiger partial charge in [0.15, 0.2) is 0 Å². The van der Waals surface area contributed by atoms with E-state index in [2.05, 4.69) is 21.2 Å². The van der Waals surface area contributed by atoms with Crippen molar-refractivity contribution in [2.24, 2.45) is 12.5 Å². The van der Waals surface area contributed by atoms with Gasteiger partial charge < -0.3 is 10.1 Å². The second-order valence-electron chi connectivity index (χ2n) is 10.0. The molecule has 1 saturated heterocycles. The molecule has 0 atom stereocenters. The Morgan fingerprint density at radius 3 is 2.32 bits per heavy atom. The van der Waals surface area contributed by atoms with Gasteiger partial charge in [0.1, 0.15) is 0 Å². The summed E-state index contributed by atoms with van der Waals surface area (Å²) in [4.78, 5) is 13.0. The number of ether oxygens (including phenoxy) is 1. The number of hydrogen-bond donors (Lipinski definition) is 2. The number of nitrogens with zero attached hydrogens (tertiary/aromatic N) is 3. The minimum absolute atomic E-state index is 0. The first kappa shape index (κ1) is 24.1. The zero-order chi connectivity index (χ0) is 22.8. The monoisotopic (exact) mass is 494 g/mol. The molecular weight excluding hydrogens is 465 g/mol. The molecule has 2 fully saturated rings. The molecule has 2 heterocycles. The maximum absolute atomic E-state index is 13.4. The van der Waals surface area contributed by atoms with Gasteiger partial charge in [0.05, 0.1) is 25.1 Å². The molecule has 4 aliphatic rings. The van der Waals surface area contributed by atoms with E-state index in [9.17, 15) is 13.2 Å². The quantitative estimate of drug-likeness (QED) is 0.619. The van der Waals surface area contributed by atoms with E-state index in [1.54, 1.807) is 17.9 Å². The van der Waals surface area contributed by atoms with Crippen molar-refractivity contribution in [1.29, 1.82) is 0 Å². The summed E-state index contributed by atoms with van der Waals surface area (Å²) >= 11 is 0. The third kappa shape index (κ3) is 4.07. The Hall–Kier alpha value is -1.59. The molecule has 1 radical (unpaired) electrons. The number of anilines is 2. The van der Waals surface area contributed by atoms with Gasteiger partial charge >= 0.3 is 16.2 Å². The number of nitrogens with one attached hydrogen (secondary N) is 2. The molecule has 1 aliphatic heterocycles. The van der Waals surface area contributed by atoms with Gasteiger partial charge in [-0.2, -0.15) is 13.5 Å². The molecule has 34 heavy (non-hydrogen) atoms. The van der Waals surface area contributed by atoms with Gasteiger partial charge in [0.25, 0.3) is 0 Å². The molecule has 2 amide bonds. The minimum atomic E-state index is -4.13. The van der Waals surface area contributed by atoms with Crippen LogP contribution in [0.1, 0.15) is 47.9 Å². The smallest absolute Gasteiger partial charge is 0.334 e. The summed E-state index contributed by atoms with van der Waals surface area (Å²) < 4.78 is 37.4. The number of fused-ring (bicyclic) bond motifs is 2. The Morgan fingerprint density at radius 1 is 1.15 bits per heavy atom. The maximum atomic E-state index is 13.4. The first-order valence-electron chi connectivity index (χ1n) is 11.7. The molecular formula is C23H29N5NaO4S. The van der Waals surface area contributed by atoms with Crippen molar-refractivity contribution < 1.29 is 17.9 Å². The number of benzene rings is 1. The Balaban J connectivity index is 0.00000241. The molecule has 11 heteroatoms. The Morgan fingerprint density at radius 2 is 1.79 bits per heavy atom. The molecule has 9 nitrogen and oxygen atoms in total. The van der Waals surface area contributed by atoms with E-state index < -0.39 is 16.2 Å². The van der Waals surface area contributed by atoms with E-state index in [1.165, 1.54) is 32.8 Å². The first-order valence-corrected chi connectivity index (χ1v) is 13.1. The SMILES string of the molecule is Cn1cc(N(C2CC3(COC3)C2)S(=O)(=O)NC(=O)Nc2c3c(cc4c2CCC4)CCC3)cn1.[Na]. The van der Waals surface area contributed by atoms with Gasteiger partial charge in [-0.15, -0.1) is 0 Å². The Labute approximate surface area is 222 Å². The van der Waals surface area contributed by atoms with Gasteiger partial charge in [0, 0.05) is 59.9 Å². The summed E-state index contributed by atoms with van der Waals surface area (Å²) in [5.74, 6) is 0. The molecule has 1 spiro atoms. The summed E-state index contributed by atoms with van der Waals surface area (Å²) in [6.07, 6.45) is 10.6. The summed E-state index contributed by atoms with van der Waals surface area (Å²) in [7, 11) is -2.38. The molecule has 1 saturated carbocycles. The first-order chi connectivity index (χ1) is 15.8. The molecule has 177 valence electrons. The van der Waals surface area contributed by atoms with Crippen LogP contribution in [0.15, 0.2) is 18.5 Å². The van der Waals surface area contributed by atoms with E-state index in [1.807, 2.05) is 0 Å². The molecule has 3 aliphatic carbocycles. The second-order valence-corrected chi connectivity index (χ2v) is 11.6. The van der Waals surface area contributed by atoms with Crippen molar-refractivity contribution in [3.05, 3.63) is 40.7 Å². The number of aryl methyl sites for hydroxylation is 3. The number of hydrogen-bond acceptors (Lipinski definition) is 5. The predicted octanol–water partition coefficient (Wildman–Crippen LogP) is 2.07. The van der Waals surface area contributed by atoms with Gasteiger partial charge in [0.2, 0.25) is 0 Å². The minimum Gasteiger partial charge on any atom is -0.380 e. The Bertz CT molecular complexity index is 1200. The average molecular weight is 495 g/mol. The summed E-state index contributed by atoms with van der Waals surface area (Å²) in [5.41, 5.74) is 6.26. The summed E-state index contributed by atoms with van der Waals surface area (Å²) in [6.45, 7) is 1.34. The van der Waals surface area contributed by atoms with Crippen molar-refractivity contribution in [3.63, 3.8) is 0 Å². The van der Waals surface area contributed by atoms with Gasteiger partial charge in [-0.05, 0) is 73.6 Å². The zero-order valence-electron chi connectivity index (χ0n) is 19.8. The van der Waals surface area contributed by atoms with E-state index in [0.29, 0.717) is 31.7 Å². The normalized spacial score (nSPS) is 20.0. The fraction of sp³-hybridized carbons (Fsp3) is 0.565. The van der Waals surface area contributed by atoms with Crippen LogP contribution in [0.2, 0.25) is 0 Å². The van der Waals surface area contributed by atoms with Crippen LogP contribution in [0.25, 0.3) is 0 Å². The number of aromatic nitrogens is 2. The van der Waals surface area contributed by atoms with Crippen LogP contribution >= 0.6 is 0 Å². The van der Waals surface area contributed by atoms with Crippen molar-refractivity contribution in [2.75, 3.05) is 22.8 Å². The second kappa shape index (κ2) is 8.81. The summed E-state index contributed by atoms with van der Waals surface area (Å²) in [5, 5.41) is 7.07. The molecule has 1 aromatic heterocycles. The summed E-state index contributed by atoms with van der Waals surface area (Å²) in [6, 6.07) is 1.35. The van der Waals surface area contributed by atoms with Crippen LogP contribution in [0.5, 0.6) is 0 Å². The number of carbonyl (C=O) groups excluding carboxylic acids is 1. The molecule has 2 N–H and O–H groups in total. The fourth-order valence-electron chi connectivity index (χ4n) is 6.07. The number of urea groups is 1. The third-order valence-electron chi connectivity index (χ3n) is 7.62. The van der Waals surface area contributed by atoms with Crippen LogP contribution in [-0.2, 0) is 47.7 Å².